The highest BCUT2D eigenvalue weighted by Gasteiger charge is 2.31. The van der Waals surface area contributed by atoms with Gasteiger partial charge in [0, 0.05) is 29.8 Å². The standard InChI is InChI=1S/C17H22N4O3S2/c18-17-20-11(10-25-17)3-6-15(23)21-8-1-2-12(21)13-4-5-14(26-13)16(24)19-7-9-22/h4-5,10,12,22H,1-3,6-9H2,(H2,18,20)(H,19,24). The summed E-state index contributed by atoms with van der Waals surface area (Å²) in [4.78, 5) is 32.4. The lowest BCUT2D eigenvalue weighted by molar-refractivity contribution is -0.132. The van der Waals surface area contributed by atoms with Gasteiger partial charge in [-0.1, -0.05) is 0 Å². The summed E-state index contributed by atoms with van der Waals surface area (Å²) in [6, 6.07) is 3.74. The van der Waals surface area contributed by atoms with Crippen LogP contribution < -0.4 is 11.1 Å². The van der Waals surface area contributed by atoms with Crippen LogP contribution in [0.25, 0.3) is 0 Å². The van der Waals surface area contributed by atoms with Crippen molar-refractivity contribution in [2.24, 2.45) is 0 Å². The number of nitrogens with two attached hydrogens (primary N) is 1. The summed E-state index contributed by atoms with van der Waals surface area (Å²) in [5, 5.41) is 13.9. The van der Waals surface area contributed by atoms with Gasteiger partial charge >= 0.3 is 0 Å². The topological polar surface area (TPSA) is 109 Å². The number of hydrogen-bond acceptors (Lipinski definition) is 7. The predicted molar refractivity (Wildman–Crippen MR) is 102 cm³/mol. The first-order chi connectivity index (χ1) is 12.6. The number of hydrogen-bond donors (Lipinski definition) is 3. The molecule has 1 fully saturated rings. The number of aliphatic hydroxyl groups is 1. The first-order valence-corrected chi connectivity index (χ1v) is 10.3. The lowest BCUT2D eigenvalue weighted by Gasteiger charge is -2.23. The van der Waals surface area contributed by atoms with Crippen LogP contribution in [0.3, 0.4) is 0 Å². The Hall–Kier alpha value is -1.97. The molecule has 0 saturated carbocycles. The molecule has 4 N–H and O–H groups in total. The third kappa shape index (κ3) is 4.40. The molecule has 140 valence electrons. The number of aromatic nitrogens is 1. The molecule has 1 saturated heterocycles. The number of carbonyl (C=O) groups excluding carboxylic acids is 2. The Labute approximate surface area is 159 Å². The van der Waals surface area contributed by atoms with Gasteiger partial charge in [0.05, 0.1) is 23.2 Å². The average molecular weight is 395 g/mol. The lowest BCUT2D eigenvalue weighted by atomic mass is 10.1. The van der Waals surface area contributed by atoms with E-state index in [1.165, 1.54) is 22.7 Å². The highest BCUT2D eigenvalue weighted by Crippen LogP contribution is 2.36. The van der Waals surface area contributed by atoms with Crippen molar-refractivity contribution >= 4 is 39.6 Å². The smallest absolute Gasteiger partial charge is 0.261 e. The fraction of sp³-hybridized carbons (Fsp3) is 0.471. The molecule has 0 aromatic carbocycles. The molecule has 0 bridgehead atoms. The molecule has 3 heterocycles. The van der Waals surface area contributed by atoms with Crippen LogP contribution in [0.15, 0.2) is 17.5 Å². The number of anilines is 1. The number of nitrogen functional groups attached to an aromatic ring is 1. The van der Waals surface area contributed by atoms with Gasteiger partial charge in [-0.15, -0.1) is 22.7 Å². The van der Waals surface area contributed by atoms with Crippen molar-refractivity contribution in [3.8, 4) is 0 Å². The molecule has 26 heavy (non-hydrogen) atoms. The summed E-state index contributed by atoms with van der Waals surface area (Å²) in [6.07, 6.45) is 2.88. The molecule has 1 atom stereocenters. The van der Waals surface area contributed by atoms with Crippen LogP contribution in [0.1, 0.15) is 45.5 Å². The van der Waals surface area contributed by atoms with Gasteiger partial charge in [-0.3, -0.25) is 9.59 Å². The maximum absolute atomic E-state index is 12.7. The minimum Gasteiger partial charge on any atom is -0.395 e. The van der Waals surface area contributed by atoms with Crippen molar-refractivity contribution in [2.75, 3.05) is 25.4 Å². The largest absolute Gasteiger partial charge is 0.395 e. The SMILES string of the molecule is Nc1nc(CCC(=O)N2CCCC2c2ccc(C(=O)NCCO)s2)cs1. The summed E-state index contributed by atoms with van der Waals surface area (Å²) >= 11 is 2.80. The van der Waals surface area contributed by atoms with E-state index in [0.717, 1.165) is 30.0 Å². The van der Waals surface area contributed by atoms with Gasteiger partial charge in [0.1, 0.15) is 0 Å². The van der Waals surface area contributed by atoms with E-state index < -0.39 is 0 Å². The number of aliphatic hydroxyl groups excluding tert-OH is 1. The molecule has 2 amide bonds. The lowest BCUT2D eigenvalue weighted by Crippen LogP contribution is -2.30. The summed E-state index contributed by atoms with van der Waals surface area (Å²) in [6.45, 7) is 0.896. The molecule has 1 unspecified atom stereocenters. The van der Waals surface area contributed by atoms with Crippen LogP contribution in [-0.4, -0.2) is 46.5 Å². The number of likely N-dealkylation sites (tertiary alicyclic amines) is 1. The molecular weight excluding hydrogens is 372 g/mol. The van der Waals surface area contributed by atoms with E-state index in [2.05, 4.69) is 10.3 Å². The van der Waals surface area contributed by atoms with E-state index in [0.29, 0.717) is 22.9 Å². The average Bonchev–Trinajstić information content (AvgIpc) is 3.36. The van der Waals surface area contributed by atoms with Gasteiger partial charge < -0.3 is 21.1 Å². The van der Waals surface area contributed by atoms with Crippen LogP contribution in [0.4, 0.5) is 5.13 Å². The van der Waals surface area contributed by atoms with E-state index in [1.807, 2.05) is 16.3 Å². The van der Waals surface area contributed by atoms with Crippen LogP contribution in [0.5, 0.6) is 0 Å². The van der Waals surface area contributed by atoms with E-state index in [9.17, 15) is 9.59 Å². The van der Waals surface area contributed by atoms with Crippen molar-refractivity contribution in [1.82, 2.24) is 15.2 Å². The monoisotopic (exact) mass is 394 g/mol. The second-order valence-electron chi connectivity index (χ2n) is 6.10. The van der Waals surface area contributed by atoms with E-state index >= 15 is 0 Å². The van der Waals surface area contributed by atoms with Crippen LogP contribution >= 0.6 is 22.7 Å². The zero-order valence-electron chi connectivity index (χ0n) is 14.3. The van der Waals surface area contributed by atoms with Gasteiger partial charge in [0.2, 0.25) is 5.91 Å². The number of amides is 2. The number of aryl methyl sites for hydroxylation is 1. The van der Waals surface area contributed by atoms with Gasteiger partial charge in [-0.2, -0.15) is 0 Å². The molecule has 0 radical (unpaired) electrons. The zero-order valence-corrected chi connectivity index (χ0v) is 15.9. The third-order valence-corrected chi connectivity index (χ3v) is 6.22. The summed E-state index contributed by atoms with van der Waals surface area (Å²) in [7, 11) is 0. The van der Waals surface area contributed by atoms with Crippen molar-refractivity contribution in [2.45, 2.75) is 31.7 Å². The number of thiophene rings is 1. The van der Waals surface area contributed by atoms with Gasteiger partial charge in [-0.05, 0) is 31.4 Å². The zero-order chi connectivity index (χ0) is 18.5. The van der Waals surface area contributed by atoms with Gasteiger partial charge in [0.15, 0.2) is 5.13 Å². The molecule has 2 aromatic rings. The highest BCUT2D eigenvalue weighted by atomic mass is 32.1. The number of rotatable bonds is 7. The molecule has 0 aliphatic carbocycles. The molecule has 2 aromatic heterocycles. The summed E-state index contributed by atoms with van der Waals surface area (Å²) in [5.74, 6) is -0.0777. The minimum atomic E-state index is -0.188. The minimum absolute atomic E-state index is 0.0346. The first kappa shape index (κ1) is 18.8. The van der Waals surface area contributed by atoms with Crippen LogP contribution in [-0.2, 0) is 11.2 Å². The van der Waals surface area contributed by atoms with Crippen LogP contribution in [0.2, 0.25) is 0 Å². The van der Waals surface area contributed by atoms with Crippen molar-refractivity contribution in [3.05, 3.63) is 33.0 Å². The summed E-state index contributed by atoms with van der Waals surface area (Å²) in [5.41, 5.74) is 6.49. The number of carbonyl (C=O) groups is 2. The van der Waals surface area contributed by atoms with E-state index in [4.69, 9.17) is 10.8 Å². The Bertz CT molecular complexity index is 774. The third-order valence-electron chi connectivity index (χ3n) is 4.31. The maximum atomic E-state index is 12.7. The van der Waals surface area contributed by atoms with Crippen molar-refractivity contribution < 1.29 is 14.7 Å². The van der Waals surface area contributed by atoms with Crippen molar-refractivity contribution in [3.63, 3.8) is 0 Å². The second kappa shape index (κ2) is 8.61. The maximum Gasteiger partial charge on any atom is 0.261 e. The number of nitrogens with one attached hydrogen (secondary N) is 1. The molecule has 1 aliphatic rings. The molecule has 1 aliphatic heterocycles. The van der Waals surface area contributed by atoms with Crippen molar-refractivity contribution in [1.29, 1.82) is 0 Å². The normalized spacial score (nSPS) is 16.8. The Balaban J connectivity index is 1.61. The molecular formula is C17H22N4O3S2. The number of thiazole rings is 1. The second-order valence-corrected chi connectivity index (χ2v) is 8.11. The van der Waals surface area contributed by atoms with E-state index in [1.54, 1.807) is 6.07 Å². The molecule has 7 nitrogen and oxygen atoms in total. The Morgan fingerprint density at radius 2 is 2.27 bits per heavy atom. The molecule has 9 heteroatoms. The predicted octanol–water partition coefficient (Wildman–Crippen LogP) is 1.81. The highest BCUT2D eigenvalue weighted by molar-refractivity contribution is 7.14. The van der Waals surface area contributed by atoms with Gasteiger partial charge in [-0.25, -0.2) is 4.98 Å². The molecule has 3 rings (SSSR count). The quantitative estimate of drug-likeness (QED) is 0.664. The molecule has 0 spiro atoms. The van der Waals surface area contributed by atoms with Crippen LogP contribution in [0, 0.1) is 0 Å². The first-order valence-electron chi connectivity index (χ1n) is 8.56. The number of nitrogens with zero attached hydrogens (tertiary/aromatic N) is 2. The summed E-state index contributed by atoms with van der Waals surface area (Å²) < 4.78 is 0. The van der Waals surface area contributed by atoms with Gasteiger partial charge in [0.25, 0.3) is 5.91 Å². The fourth-order valence-electron chi connectivity index (χ4n) is 3.09. The Morgan fingerprint density at radius 3 is 3.00 bits per heavy atom. The Morgan fingerprint density at radius 1 is 1.42 bits per heavy atom. The Kier molecular flexibility index (Phi) is 6.23. The fourth-order valence-corrected chi connectivity index (χ4v) is 4.76. The van der Waals surface area contributed by atoms with E-state index in [-0.39, 0.29) is 31.0 Å².